The summed E-state index contributed by atoms with van der Waals surface area (Å²) in [5, 5.41) is 4.98. The second kappa shape index (κ2) is 7.65. The Hall–Kier alpha value is -0.280. The van der Waals surface area contributed by atoms with Gasteiger partial charge in [-0.3, -0.25) is 0 Å². The summed E-state index contributed by atoms with van der Waals surface area (Å²) in [4.78, 5) is 0. The fraction of sp³-hybridized carbons (Fsp3) is 0.625. The van der Waals surface area contributed by atoms with E-state index in [-0.39, 0.29) is 0 Å². The highest BCUT2D eigenvalue weighted by molar-refractivity contribution is 6.42. The van der Waals surface area contributed by atoms with Crippen LogP contribution in [0.1, 0.15) is 44.7 Å². The van der Waals surface area contributed by atoms with Gasteiger partial charge >= 0.3 is 0 Å². The predicted molar refractivity (Wildman–Crippen MR) is 85.6 cm³/mol. The molecule has 1 fully saturated rings. The Kier molecular flexibility index (Phi) is 6.16. The zero-order valence-corrected chi connectivity index (χ0v) is 13.7. The third kappa shape index (κ3) is 4.11. The first kappa shape index (κ1) is 16.1. The quantitative estimate of drug-likeness (QED) is 0.838. The Morgan fingerprint density at radius 1 is 1.25 bits per heavy atom. The first-order valence-electron chi connectivity index (χ1n) is 7.40. The SMILES string of the molecule is CCC(NC(C)C1CCOCC1)c1ccc(Cl)c(Cl)c1. The van der Waals surface area contributed by atoms with Gasteiger partial charge in [0.25, 0.3) is 0 Å². The van der Waals surface area contributed by atoms with Crippen LogP contribution in [0.15, 0.2) is 18.2 Å². The van der Waals surface area contributed by atoms with E-state index < -0.39 is 0 Å². The second-order valence-corrected chi connectivity index (χ2v) is 6.35. The van der Waals surface area contributed by atoms with Gasteiger partial charge in [0.1, 0.15) is 0 Å². The lowest BCUT2D eigenvalue weighted by molar-refractivity contribution is 0.0543. The maximum atomic E-state index is 6.12. The van der Waals surface area contributed by atoms with Gasteiger partial charge in [-0.05, 0) is 49.8 Å². The third-order valence-corrected chi connectivity index (χ3v) is 4.93. The molecule has 2 nitrogen and oxygen atoms in total. The molecule has 0 saturated carbocycles. The van der Waals surface area contributed by atoms with Crippen molar-refractivity contribution in [1.29, 1.82) is 0 Å². The molecule has 1 aliphatic heterocycles. The van der Waals surface area contributed by atoms with E-state index in [1.165, 1.54) is 5.56 Å². The summed E-state index contributed by atoms with van der Waals surface area (Å²) in [7, 11) is 0. The molecule has 2 rings (SSSR count). The number of hydrogen-bond acceptors (Lipinski definition) is 2. The summed E-state index contributed by atoms with van der Waals surface area (Å²) >= 11 is 12.1. The summed E-state index contributed by atoms with van der Waals surface area (Å²) in [6.07, 6.45) is 3.32. The maximum Gasteiger partial charge on any atom is 0.0595 e. The summed E-state index contributed by atoms with van der Waals surface area (Å²) in [5.74, 6) is 0.695. The molecule has 0 bridgehead atoms. The molecule has 0 spiro atoms. The average Bonchev–Trinajstić information content (AvgIpc) is 2.48. The van der Waals surface area contributed by atoms with Crippen LogP contribution in [0.3, 0.4) is 0 Å². The van der Waals surface area contributed by atoms with E-state index >= 15 is 0 Å². The van der Waals surface area contributed by atoms with Crippen molar-refractivity contribution in [3.05, 3.63) is 33.8 Å². The Morgan fingerprint density at radius 2 is 1.95 bits per heavy atom. The maximum absolute atomic E-state index is 6.12. The first-order valence-corrected chi connectivity index (χ1v) is 8.16. The van der Waals surface area contributed by atoms with Crippen LogP contribution in [0.5, 0.6) is 0 Å². The van der Waals surface area contributed by atoms with Crippen molar-refractivity contribution in [3.8, 4) is 0 Å². The standard InChI is InChI=1S/C16H23Cl2NO/c1-3-16(13-4-5-14(17)15(18)10-13)19-11(2)12-6-8-20-9-7-12/h4-5,10-12,16,19H,3,6-9H2,1-2H3. The molecule has 1 N–H and O–H groups in total. The van der Waals surface area contributed by atoms with E-state index in [0.717, 1.165) is 32.5 Å². The van der Waals surface area contributed by atoms with Crippen LogP contribution in [0.2, 0.25) is 10.0 Å². The highest BCUT2D eigenvalue weighted by Gasteiger charge is 2.23. The average molecular weight is 316 g/mol. The molecule has 1 heterocycles. The molecule has 1 aliphatic rings. The topological polar surface area (TPSA) is 21.3 Å². The largest absolute Gasteiger partial charge is 0.381 e. The smallest absolute Gasteiger partial charge is 0.0595 e. The van der Waals surface area contributed by atoms with Crippen molar-refractivity contribution in [2.24, 2.45) is 5.92 Å². The monoisotopic (exact) mass is 315 g/mol. The van der Waals surface area contributed by atoms with Crippen molar-refractivity contribution in [2.75, 3.05) is 13.2 Å². The first-order chi connectivity index (χ1) is 9.61. The van der Waals surface area contributed by atoms with E-state index in [9.17, 15) is 0 Å². The zero-order valence-electron chi connectivity index (χ0n) is 12.2. The molecule has 2 unspecified atom stereocenters. The minimum Gasteiger partial charge on any atom is -0.381 e. The lowest BCUT2D eigenvalue weighted by atomic mass is 9.91. The minimum absolute atomic E-state index is 0.322. The summed E-state index contributed by atoms with van der Waals surface area (Å²) in [6.45, 7) is 6.24. The van der Waals surface area contributed by atoms with Crippen LogP contribution in [0.25, 0.3) is 0 Å². The fourth-order valence-corrected chi connectivity index (χ4v) is 3.15. The molecular weight excluding hydrogens is 293 g/mol. The van der Waals surface area contributed by atoms with Crippen LogP contribution in [-0.2, 0) is 4.74 Å². The van der Waals surface area contributed by atoms with E-state index in [1.54, 1.807) is 0 Å². The zero-order chi connectivity index (χ0) is 14.5. The second-order valence-electron chi connectivity index (χ2n) is 5.54. The van der Waals surface area contributed by atoms with Gasteiger partial charge in [-0.1, -0.05) is 36.2 Å². The molecule has 1 aromatic carbocycles. The normalized spacial score (nSPS) is 19.8. The van der Waals surface area contributed by atoms with Gasteiger partial charge < -0.3 is 10.1 Å². The Labute approximate surface area is 131 Å². The number of ether oxygens (including phenoxy) is 1. The molecule has 0 aliphatic carbocycles. The number of benzene rings is 1. The number of nitrogens with one attached hydrogen (secondary N) is 1. The third-order valence-electron chi connectivity index (χ3n) is 4.19. The van der Waals surface area contributed by atoms with Crippen molar-refractivity contribution in [2.45, 2.75) is 45.2 Å². The van der Waals surface area contributed by atoms with Gasteiger partial charge in [-0.25, -0.2) is 0 Å². The number of halogens is 2. The van der Waals surface area contributed by atoms with Crippen LogP contribution >= 0.6 is 23.2 Å². The van der Waals surface area contributed by atoms with Crippen molar-refractivity contribution >= 4 is 23.2 Å². The van der Waals surface area contributed by atoms with Crippen molar-refractivity contribution in [3.63, 3.8) is 0 Å². The fourth-order valence-electron chi connectivity index (χ4n) is 2.85. The predicted octanol–water partition coefficient (Wildman–Crippen LogP) is 4.85. The van der Waals surface area contributed by atoms with Crippen LogP contribution < -0.4 is 5.32 Å². The Balaban J connectivity index is 2.02. The molecule has 0 amide bonds. The molecule has 112 valence electrons. The molecule has 0 aromatic heterocycles. The van der Waals surface area contributed by atoms with Crippen LogP contribution in [0.4, 0.5) is 0 Å². The number of hydrogen-bond donors (Lipinski definition) is 1. The lowest BCUT2D eigenvalue weighted by Gasteiger charge is -2.31. The van der Waals surface area contributed by atoms with E-state index in [1.807, 2.05) is 12.1 Å². The summed E-state index contributed by atoms with van der Waals surface area (Å²) in [5.41, 5.74) is 1.21. The van der Waals surface area contributed by atoms with Gasteiger partial charge in [0.15, 0.2) is 0 Å². The molecule has 20 heavy (non-hydrogen) atoms. The van der Waals surface area contributed by atoms with E-state index in [0.29, 0.717) is 28.0 Å². The van der Waals surface area contributed by atoms with Crippen molar-refractivity contribution in [1.82, 2.24) is 5.32 Å². The number of rotatable bonds is 5. The summed E-state index contributed by atoms with van der Waals surface area (Å²) < 4.78 is 5.43. The molecule has 1 saturated heterocycles. The Bertz CT molecular complexity index is 432. The summed E-state index contributed by atoms with van der Waals surface area (Å²) in [6, 6.07) is 6.72. The molecule has 0 radical (unpaired) electrons. The molecule has 4 heteroatoms. The molecule has 2 atom stereocenters. The highest BCUT2D eigenvalue weighted by atomic mass is 35.5. The van der Waals surface area contributed by atoms with Gasteiger partial charge in [-0.2, -0.15) is 0 Å². The van der Waals surface area contributed by atoms with E-state index in [4.69, 9.17) is 27.9 Å². The molecular formula is C16H23Cl2NO. The van der Waals surface area contributed by atoms with Gasteiger partial charge in [0.05, 0.1) is 10.0 Å². The van der Waals surface area contributed by atoms with Gasteiger partial charge in [0.2, 0.25) is 0 Å². The lowest BCUT2D eigenvalue weighted by Crippen LogP contribution is -2.38. The van der Waals surface area contributed by atoms with Crippen molar-refractivity contribution < 1.29 is 4.74 Å². The van der Waals surface area contributed by atoms with Gasteiger partial charge in [-0.15, -0.1) is 0 Å². The van der Waals surface area contributed by atoms with Crippen LogP contribution in [0, 0.1) is 5.92 Å². The highest BCUT2D eigenvalue weighted by Crippen LogP contribution is 2.28. The van der Waals surface area contributed by atoms with E-state index in [2.05, 4.69) is 25.2 Å². The minimum atomic E-state index is 0.322. The van der Waals surface area contributed by atoms with Crippen LogP contribution in [-0.4, -0.2) is 19.3 Å². The van der Waals surface area contributed by atoms with Gasteiger partial charge in [0, 0.05) is 25.3 Å². The molecule has 1 aromatic rings. The Morgan fingerprint density at radius 3 is 2.55 bits per heavy atom.